The molecule has 0 fully saturated rings. The first kappa shape index (κ1) is 16.8. The quantitative estimate of drug-likeness (QED) is 0.717. The number of hydrogen-bond donors (Lipinski definition) is 2. The summed E-state index contributed by atoms with van der Waals surface area (Å²) in [4.78, 5) is 27.6. The maximum absolute atomic E-state index is 12.4. The third-order valence-corrected chi connectivity index (χ3v) is 4.16. The highest BCUT2D eigenvalue weighted by Crippen LogP contribution is 2.28. The molecule has 0 unspecified atom stereocenters. The molecule has 0 radical (unpaired) electrons. The van der Waals surface area contributed by atoms with E-state index in [1.165, 1.54) is 6.33 Å². The standard InChI is InChI=1S/C19H17N5O3/c25-18-10-27-17-7-15(5-6-16(17)23-18)19(26)21-8-13-1-3-14(4-2-13)9-24-12-20-11-22-24/h1-7,11-12H,8-10H2,(H,21,26)(H,23,25). The molecule has 27 heavy (non-hydrogen) atoms. The summed E-state index contributed by atoms with van der Waals surface area (Å²) in [6.45, 7) is 1.02. The van der Waals surface area contributed by atoms with Crippen molar-refractivity contribution < 1.29 is 14.3 Å². The van der Waals surface area contributed by atoms with Gasteiger partial charge in [-0.15, -0.1) is 0 Å². The van der Waals surface area contributed by atoms with Crippen LogP contribution < -0.4 is 15.4 Å². The van der Waals surface area contributed by atoms with E-state index in [0.717, 1.165) is 11.1 Å². The van der Waals surface area contributed by atoms with Crippen molar-refractivity contribution in [3.8, 4) is 5.75 Å². The van der Waals surface area contributed by atoms with Crippen LogP contribution in [0.2, 0.25) is 0 Å². The molecule has 1 aliphatic heterocycles. The minimum Gasteiger partial charge on any atom is -0.482 e. The van der Waals surface area contributed by atoms with E-state index in [1.54, 1.807) is 29.2 Å². The molecule has 8 nitrogen and oxygen atoms in total. The summed E-state index contributed by atoms with van der Waals surface area (Å²) in [7, 11) is 0. The maximum atomic E-state index is 12.4. The van der Waals surface area contributed by atoms with E-state index in [2.05, 4.69) is 20.7 Å². The zero-order chi connectivity index (χ0) is 18.6. The fourth-order valence-electron chi connectivity index (χ4n) is 2.76. The molecule has 1 aromatic heterocycles. The van der Waals surface area contributed by atoms with Crippen LogP contribution in [0.3, 0.4) is 0 Å². The fourth-order valence-corrected chi connectivity index (χ4v) is 2.76. The van der Waals surface area contributed by atoms with Crippen LogP contribution in [0, 0.1) is 0 Å². The normalized spacial score (nSPS) is 12.7. The van der Waals surface area contributed by atoms with Crippen molar-refractivity contribution >= 4 is 17.5 Å². The zero-order valence-electron chi connectivity index (χ0n) is 14.4. The van der Waals surface area contributed by atoms with Crippen molar-refractivity contribution in [3.63, 3.8) is 0 Å². The average Bonchev–Trinajstić information content (AvgIpc) is 3.20. The molecule has 3 aromatic rings. The predicted molar refractivity (Wildman–Crippen MR) is 97.3 cm³/mol. The van der Waals surface area contributed by atoms with Gasteiger partial charge in [0.15, 0.2) is 6.61 Å². The summed E-state index contributed by atoms with van der Waals surface area (Å²) in [6, 6.07) is 12.9. The first-order chi connectivity index (χ1) is 13.2. The Morgan fingerprint density at radius 3 is 2.78 bits per heavy atom. The Balaban J connectivity index is 1.35. The summed E-state index contributed by atoms with van der Waals surface area (Å²) in [5.41, 5.74) is 3.15. The van der Waals surface area contributed by atoms with Crippen LogP contribution in [0.25, 0.3) is 0 Å². The third kappa shape index (κ3) is 3.95. The van der Waals surface area contributed by atoms with E-state index in [9.17, 15) is 9.59 Å². The zero-order valence-corrected chi connectivity index (χ0v) is 14.4. The second kappa shape index (κ2) is 7.28. The monoisotopic (exact) mass is 363 g/mol. The molecule has 0 bridgehead atoms. The average molecular weight is 363 g/mol. The lowest BCUT2D eigenvalue weighted by molar-refractivity contribution is -0.118. The summed E-state index contributed by atoms with van der Waals surface area (Å²) in [5, 5.41) is 9.66. The van der Waals surface area contributed by atoms with Gasteiger partial charge in [0.2, 0.25) is 0 Å². The van der Waals surface area contributed by atoms with E-state index in [1.807, 2.05) is 24.3 Å². The second-order valence-corrected chi connectivity index (χ2v) is 6.14. The first-order valence-corrected chi connectivity index (χ1v) is 8.42. The van der Waals surface area contributed by atoms with Crippen molar-refractivity contribution in [1.82, 2.24) is 20.1 Å². The number of fused-ring (bicyclic) bond motifs is 1. The molecule has 2 aromatic carbocycles. The Kier molecular flexibility index (Phi) is 4.52. The van der Waals surface area contributed by atoms with Crippen LogP contribution >= 0.6 is 0 Å². The molecule has 2 amide bonds. The number of carbonyl (C=O) groups is 2. The molecule has 0 saturated heterocycles. The van der Waals surface area contributed by atoms with Crippen LogP contribution in [0.4, 0.5) is 5.69 Å². The largest absolute Gasteiger partial charge is 0.482 e. The summed E-state index contributed by atoms with van der Waals surface area (Å²) in [6.07, 6.45) is 3.17. The number of aromatic nitrogens is 3. The lowest BCUT2D eigenvalue weighted by Crippen LogP contribution is -2.26. The number of ether oxygens (including phenoxy) is 1. The van der Waals surface area contributed by atoms with Crippen LogP contribution in [-0.2, 0) is 17.9 Å². The lowest BCUT2D eigenvalue weighted by Gasteiger charge is -2.18. The lowest BCUT2D eigenvalue weighted by atomic mass is 10.1. The highest BCUT2D eigenvalue weighted by atomic mass is 16.5. The number of carbonyl (C=O) groups excluding carboxylic acids is 2. The molecular weight excluding hydrogens is 346 g/mol. The van der Waals surface area contributed by atoms with Crippen molar-refractivity contribution in [2.24, 2.45) is 0 Å². The Morgan fingerprint density at radius 1 is 1.19 bits per heavy atom. The number of amides is 2. The van der Waals surface area contributed by atoms with E-state index in [4.69, 9.17) is 4.74 Å². The van der Waals surface area contributed by atoms with E-state index >= 15 is 0 Å². The Hall–Kier alpha value is -3.68. The molecule has 0 aliphatic carbocycles. The molecule has 0 atom stereocenters. The van der Waals surface area contributed by atoms with Crippen LogP contribution in [0.5, 0.6) is 5.75 Å². The first-order valence-electron chi connectivity index (χ1n) is 8.42. The Bertz CT molecular complexity index is 968. The van der Waals surface area contributed by atoms with Gasteiger partial charge in [-0.2, -0.15) is 5.10 Å². The van der Waals surface area contributed by atoms with Gasteiger partial charge in [-0.1, -0.05) is 24.3 Å². The molecular formula is C19H17N5O3. The smallest absolute Gasteiger partial charge is 0.262 e. The number of nitrogens with zero attached hydrogens (tertiary/aromatic N) is 3. The van der Waals surface area contributed by atoms with Gasteiger partial charge in [0.1, 0.15) is 18.4 Å². The Labute approximate surface area is 155 Å². The number of hydrogen-bond acceptors (Lipinski definition) is 5. The highest BCUT2D eigenvalue weighted by molar-refractivity contribution is 5.98. The SMILES string of the molecule is O=C1COc2cc(C(=O)NCc3ccc(Cn4cncn4)cc3)ccc2N1. The van der Waals surface area contributed by atoms with Gasteiger partial charge in [-0.3, -0.25) is 9.59 Å². The summed E-state index contributed by atoms with van der Waals surface area (Å²) < 4.78 is 7.09. The van der Waals surface area contributed by atoms with E-state index < -0.39 is 0 Å². The molecule has 1 aliphatic rings. The van der Waals surface area contributed by atoms with E-state index in [0.29, 0.717) is 30.1 Å². The second-order valence-electron chi connectivity index (χ2n) is 6.14. The minimum absolute atomic E-state index is 0.0426. The van der Waals surface area contributed by atoms with Crippen molar-refractivity contribution in [3.05, 3.63) is 71.8 Å². The van der Waals surface area contributed by atoms with E-state index in [-0.39, 0.29) is 18.4 Å². The Morgan fingerprint density at radius 2 is 2.00 bits per heavy atom. The van der Waals surface area contributed by atoms with Crippen molar-refractivity contribution in [2.75, 3.05) is 11.9 Å². The molecule has 0 spiro atoms. The number of rotatable bonds is 5. The molecule has 0 saturated carbocycles. The molecule has 8 heteroatoms. The number of benzene rings is 2. The minimum atomic E-state index is -0.204. The summed E-state index contributed by atoms with van der Waals surface area (Å²) in [5.74, 6) is 0.0941. The van der Waals surface area contributed by atoms with Crippen molar-refractivity contribution in [2.45, 2.75) is 13.1 Å². The van der Waals surface area contributed by atoms with Crippen molar-refractivity contribution in [1.29, 1.82) is 0 Å². The third-order valence-electron chi connectivity index (χ3n) is 4.16. The molecule has 2 heterocycles. The predicted octanol–water partition coefficient (Wildman–Crippen LogP) is 1.59. The van der Waals surface area contributed by atoms with Crippen LogP contribution in [-0.4, -0.2) is 33.2 Å². The summed E-state index contributed by atoms with van der Waals surface area (Å²) >= 11 is 0. The van der Waals surface area contributed by atoms with Gasteiger partial charge < -0.3 is 15.4 Å². The van der Waals surface area contributed by atoms with Gasteiger partial charge in [0, 0.05) is 12.1 Å². The van der Waals surface area contributed by atoms with Gasteiger partial charge >= 0.3 is 0 Å². The molecule has 136 valence electrons. The molecule has 2 N–H and O–H groups in total. The topological polar surface area (TPSA) is 98.1 Å². The van der Waals surface area contributed by atoms with Crippen LogP contribution in [0.1, 0.15) is 21.5 Å². The number of nitrogens with one attached hydrogen (secondary N) is 2. The van der Waals surface area contributed by atoms with Gasteiger partial charge in [-0.25, -0.2) is 9.67 Å². The number of anilines is 1. The molecule has 4 rings (SSSR count). The van der Waals surface area contributed by atoms with Gasteiger partial charge in [0.05, 0.1) is 12.2 Å². The van der Waals surface area contributed by atoms with Gasteiger partial charge in [-0.05, 0) is 29.3 Å². The maximum Gasteiger partial charge on any atom is 0.262 e. The van der Waals surface area contributed by atoms with Gasteiger partial charge in [0.25, 0.3) is 11.8 Å². The van der Waals surface area contributed by atoms with Crippen LogP contribution in [0.15, 0.2) is 55.1 Å². The fraction of sp³-hybridized carbons (Fsp3) is 0.158. The highest BCUT2D eigenvalue weighted by Gasteiger charge is 2.17.